The Kier molecular flexibility index (Phi) is 3.72. The number of hydrogen-bond acceptors (Lipinski definition) is 4. The van der Waals surface area contributed by atoms with E-state index in [0.29, 0.717) is 12.2 Å². The van der Waals surface area contributed by atoms with Crippen molar-refractivity contribution in [3.8, 4) is 0 Å². The van der Waals surface area contributed by atoms with Crippen molar-refractivity contribution in [1.82, 2.24) is 14.8 Å². The summed E-state index contributed by atoms with van der Waals surface area (Å²) in [7, 11) is 2.11. The number of rotatable bonds is 1. The maximum Gasteiger partial charge on any atom is 0.272 e. The third-order valence-electron chi connectivity index (χ3n) is 4.15. The van der Waals surface area contributed by atoms with Gasteiger partial charge in [0, 0.05) is 25.8 Å². The Morgan fingerprint density at radius 3 is 3.00 bits per heavy atom. The maximum atomic E-state index is 12.5. The van der Waals surface area contributed by atoms with Crippen LogP contribution in [0.3, 0.4) is 0 Å². The highest BCUT2D eigenvalue weighted by Gasteiger charge is 2.41. The van der Waals surface area contributed by atoms with Gasteiger partial charge >= 0.3 is 0 Å². The van der Waals surface area contributed by atoms with Crippen LogP contribution in [0.4, 0.5) is 0 Å². The SMILES string of the molecule is CN1CCOC2(CCCN(C(=O)c3ccccn3)C2)C1. The molecule has 3 heterocycles. The number of likely N-dealkylation sites (N-methyl/N-ethyl adjacent to an activating group) is 1. The summed E-state index contributed by atoms with van der Waals surface area (Å²) in [4.78, 5) is 20.8. The Morgan fingerprint density at radius 2 is 2.25 bits per heavy atom. The number of aromatic nitrogens is 1. The molecule has 20 heavy (non-hydrogen) atoms. The van der Waals surface area contributed by atoms with Crippen molar-refractivity contribution in [2.24, 2.45) is 0 Å². The topological polar surface area (TPSA) is 45.7 Å². The molecule has 0 bridgehead atoms. The molecular formula is C15H21N3O2. The van der Waals surface area contributed by atoms with E-state index in [9.17, 15) is 4.79 Å². The van der Waals surface area contributed by atoms with Gasteiger partial charge in [0.15, 0.2) is 0 Å². The summed E-state index contributed by atoms with van der Waals surface area (Å²) in [5, 5.41) is 0. The van der Waals surface area contributed by atoms with E-state index in [1.54, 1.807) is 12.3 Å². The van der Waals surface area contributed by atoms with Gasteiger partial charge in [0.25, 0.3) is 5.91 Å². The van der Waals surface area contributed by atoms with Crippen LogP contribution in [-0.2, 0) is 4.74 Å². The minimum atomic E-state index is -0.185. The molecule has 0 saturated carbocycles. The molecular weight excluding hydrogens is 254 g/mol. The number of morpholine rings is 1. The highest BCUT2D eigenvalue weighted by molar-refractivity contribution is 5.92. The molecule has 1 aromatic rings. The number of pyridine rings is 1. The van der Waals surface area contributed by atoms with Crippen LogP contribution < -0.4 is 0 Å². The van der Waals surface area contributed by atoms with E-state index in [4.69, 9.17) is 4.74 Å². The number of carbonyl (C=O) groups is 1. The predicted molar refractivity (Wildman–Crippen MR) is 75.6 cm³/mol. The van der Waals surface area contributed by atoms with Gasteiger partial charge in [0.05, 0.1) is 18.8 Å². The molecule has 5 nitrogen and oxygen atoms in total. The van der Waals surface area contributed by atoms with E-state index in [2.05, 4.69) is 16.9 Å². The van der Waals surface area contributed by atoms with E-state index < -0.39 is 0 Å². The summed E-state index contributed by atoms with van der Waals surface area (Å²) >= 11 is 0. The largest absolute Gasteiger partial charge is 0.370 e. The lowest BCUT2D eigenvalue weighted by molar-refractivity contribution is -0.129. The van der Waals surface area contributed by atoms with Crippen LogP contribution in [0.15, 0.2) is 24.4 Å². The zero-order valence-corrected chi connectivity index (χ0v) is 11.9. The first-order valence-corrected chi connectivity index (χ1v) is 7.21. The fourth-order valence-corrected chi connectivity index (χ4v) is 3.20. The molecule has 1 spiro atoms. The van der Waals surface area contributed by atoms with Crippen molar-refractivity contribution in [2.45, 2.75) is 18.4 Å². The Morgan fingerprint density at radius 1 is 1.35 bits per heavy atom. The molecule has 108 valence electrons. The van der Waals surface area contributed by atoms with Crippen molar-refractivity contribution in [3.63, 3.8) is 0 Å². The van der Waals surface area contributed by atoms with Crippen molar-refractivity contribution in [2.75, 3.05) is 39.8 Å². The van der Waals surface area contributed by atoms with Gasteiger partial charge < -0.3 is 14.5 Å². The summed E-state index contributed by atoms with van der Waals surface area (Å²) in [5.41, 5.74) is 0.337. The van der Waals surface area contributed by atoms with Crippen molar-refractivity contribution in [3.05, 3.63) is 30.1 Å². The molecule has 3 rings (SSSR count). The normalized spacial score (nSPS) is 27.8. The molecule has 2 saturated heterocycles. The third kappa shape index (κ3) is 2.69. The van der Waals surface area contributed by atoms with Crippen LogP contribution in [0.5, 0.6) is 0 Å². The smallest absolute Gasteiger partial charge is 0.272 e. The van der Waals surface area contributed by atoms with Gasteiger partial charge in [0.2, 0.25) is 0 Å². The van der Waals surface area contributed by atoms with Crippen molar-refractivity contribution < 1.29 is 9.53 Å². The maximum absolute atomic E-state index is 12.5. The first-order chi connectivity index (χ1) is 9.69. The van der Waals surface area contributed by atoms with Gasteiger partial charge in [-0.05, 0) is 32.0 Å². The van der Waals surface area contributed by atoms with Gasteiger partial charge in [-0.25, -0.2) is 0 Å². The van der Waals surface area contributed by atoms with E-state index in [0.717, 1.165) is 39.1 Å². The van der Waals surface area contributed by atoms with Crippen LogP contribution in [0.25, 0.3) is 0 Å². The summed E-state index contributed by atoms with van der Waals surface area (Å²) in [6, 6.07) is 5.45. The Hall–Kier alpha value is -1.46. The van der Waals surface area contributed by atoms with Gasteiger partial charge in [-0.3, -0.25) is 9.78 Å². The van der Waals surface area contributed by atoms with Crippen molar-refractivity contribution in [1.29, 1.82) is 0 Å². The highest BCUT2D eigenvalue weighted by Crippen LogP contribution is 2.29. The number of piperidine rings is 1. The number of nitrogens with zero attached hydrogens (tertiary/aromatic N) is 3. The average Bonchev–Trinajstić information content (AvgIpc) is 2.47. The molecule has 0 radical (unpaired) electrons. The van der Waals surface area contributed by atoms with Gasteiger partial charge in [-0.15, -0.1) is 0 Å². The first kappa shape index (κ1) is 13.5. The van der Waals surface area contributed by atoms with Crippen LogP contribution in [0, 0.1) is 0 Å². The number of carbonyl (C=O) groups excluding carboxylic acids is 1. The monoisotopic (exact) mass is 275 g/mol. The number of hydrogen-bond donors (Lipinski definition) is 0. The van der Waals surface area contributed by atoms with E-state index in [-0.39, 0.29) is 11.5 Å². The fourth-order valence-electron chi connectivity index (χ4n) is 3.20. The minimum absolute atomic E-state index is 0.0153. The van der Waals surface area contributed by atoms with E-state index in [1.807, 2.05) is 17.0 Å². The molecule has 0 aliphatic carbocycles. The molecule has 1 amide bonds. The van der Waals surface area contributed by atoms with Gasteiger partial charge in [-0.2, -0.15) is 0 Å². The van der Waals surface area contributed by atoms with Gasteiger partial charge in [0.1, 0.15) is 5.69 Å². The Bertz CT molecular complexity index is 475. The minimum Gasteiger partial charge on any atom is -0.370 e. The van der Waals surface area contributed by atoms with Crippen LogP contribution >= 0.6 is 0 Å². The average molecular weight is 275 g/mol. The first-order valence-electron chi connectivity index (χ1n) is 7.21. The fraction of sp³-hybridized carbons (Fsp3) is 0.600. The molecule has 5 heteroatoms. The molecule has 1 aromatic heterocycles. The Labute approximate surface area is 119 Å². The molecule has 2 aliphatic heterocycles. The van der Waals surface area contributed by atoms with Crippen LogP contribution in [0.2, 0.25) is 0 Å². The second-order valence-corrected chi connectivity index (χ2v) is 5.81. The number of likely N-dealkylation sites (tertiary alicyclic amines) is 1. The predicted octanol–water partition coefficient (Wildman–Crippen LogP) is 1.02. The standard InChI is InChI=1S/C15H21N3O2/c1-17-9-10-20-15(11-17)6-4-8-18(12-15)14(19)13-5-2-3-7-16-13/h2-3,5,7H,4,6,8-12H2,1H3. The molecule has 0 N–H and O–H groups in total. The number of amides is 1. The second-order valence-electron chi connectivity index (χ2n) is 5.81. The molecule has 1 atom stereocenters. The lowest BCUT2D eigenvalue weighted by atomic mass is 9.90. The Balaban J connectivity index is 1.73. The summed E-state index contributed by atoms with van der Waals surface area (Å²) < 4.78 is 6.04. The second kappa shape index (κ2) is 5.50. The number of ether oxygens (including phenoxy) is 1. The zero-order chi connectivity index (χ0) is 14.0. The quantitative estimate of drug-likeness (QED) is 0.767. The van der Waals surface area contributed by atoms with Crippen LogP contribution in [0.1, 0.15) is 23.3 Å². The third-order valence-corrected chi connectivity index (χ3v) is 4.15. The van der Waals surface area contributed by atoms with E-state index in [1.165, 1.54) is 0 Å². The van der Waals surface area contributed by atoms with Crippen LogP contribution in [-0.4, -0.2) is 66.1 Å². The zero-order valence-electron chi connectivity index (χ0n) is 11.9. The highest BCUT2D eigenvalue weighted by atomic mass is 16.5. The lowest BCUT2D eigenvalue weighted by Crippen LogP contribution is -2.59. The molecule has 2 aliphatic rings. The van der Waals surface area contributed by atoms with E-state index >= 15 is 0 Å². The van der Waals surface area contributed by atoms with Crippen molar-refractivity contribution >= 4 is 5.91 Å². The molecule has 2 fully saturated rings. The molecule has 0 aromatic carbocycles. The molecule has 1 unspecified atom stereocenters. The summed E-state index contributed by atoms with van der Waals surface area (Å²) in [6.07, 6.45) is 3.69. The van der Waals surface area contributed by atoms with Gasteiger partial charge in [-0.1, -0.05) is 6.07 Å². The summed E-state index contributed by atoms with van der Waals surface area (Å²) in [5.74, 6) is 0.0153. The lowest BCUT2D eigenvalue weighted by Gasteiger charge is -2.47. The summed E-state index contributed by atoms with van der Waals surface area (Å²) in [6.45, 7) is 4.09.